The van der Waals surface area contributed by atoms with Gasteiger partial charge in [-0.1, -0.05) is 0 Å². The molecule has 0 radical (unpaired) electrons. The van der Waals surface area contributed by atoms with Crippen molar-refractivity contribution in [2.24, 2.45) is 0 Å². The van der Waals surface area contributed by atoms with Gasteiger partial charge in [0, 0.05) is 0 Å². The monoisotopic (exact) mass is 1690 g/mol. The first-order valence-corrected chi connectivity index (χ1v) is 35.2. The van der Waals surface area contributed by atoms with Gasteiger partial charge in [0.1, 0.15) is 246 Å². The molecule has 0 saturated carbocycles. The minimum atomic E-state index is -2.36. The minimum absolute atomic E-state index is 0.634. The fourth-order valence-corrected chi connectivity index (χ4v) is 13.3. The first-order valence-electron chi connectivity index (χ1n) is 35.2. The molecular formula is C60H108O54. The molecule has 0 spiro atoms. The summed E-state index contributed by atoms with van der Waals surface area (Å²) in [5, 5.41) is 371. The quantitative estimate of drug-likeness (QED) is 0.0382. The highest BCUT2D eigenvalue weighted by atomic mass is 16.8. The van der Waals surface area contributed by atoms with E-state index in [9.17, 15) is 174 Å². The van der Waals surface area contributed by atoms with Crippen molar-refractivity contribution >= 4 is 0 Å². The Kier molecular flexibility index (Phi) is 36.7. The van der Waals surface area contributed by atoms with Crippen LogP contribution in [0.1, 0.15) is 0 Å². The van der Waals surface area contributed by atoms with Crippen molar-refractivity contribution in [2.45, 2.75) is 281 Å². The van der Waals surface area contributed by atoms with Gasteiger partial charge < -0.3 is 270 Å². The lowest BCUT2D eigenvalue weighted by atomic mass is 9.98. The maximum atomic E-state index is 10.3. The van der Waals surface area contributed by atoms with Crippen LogP contribution in [0.5, 0.6) is 0 Å². The van der Waals surface area contributed by atoms with Crippen molar-refractivity contribution in [3.8, 4) is 0 Å². The SMILES string of the molecule is OC[C@H]1O[C@@](CO)(O[C@H]2O[C@H](CO)[C@@H](O)[C@H](O)[C@H]2O)[C@@H](O)[C@@H]1O.OC[C@H]1O[C@@](CO)(O[C@H]2O[C@H](CO)[C@@H](O)[C@H](O)[C@H]2O)[C@@H](O)[C@@H]1O.OC[C@H]1O[C@H](OC[C@H]2O[C@H](O[C@]3(CO)O[C@H](CO)[C@@H](O)[C@@H]3O)[C@H](O)[C@@H](O)[C@@H]2O)[C@H](O)[C@@H](O)[C@H]1O.OC[C@H]1O[C@H](OC[C@H]2O[C@H](O[C@]3(CO)O[C@H](CO)[C@@H](O)[C@@H]3O)[C@H](O)[C@@H](O)[C@@H]2O)[C@H](O)[C@@H](O)[C@H]1O. The van der Waals surface area contributed by atoms with E-state index in [-0.39, 0.29) is 0 Å². The van der Waals surface area contributed by atoms with E-state index in [1.165, 1.54) is 0 Å². The lowest BCUT2D eigenvalue weighted by Gasteiger charge is -2.44. The zero-order chi connectivity index (χ0) is 85.5. The van der Waals surface area contributed by atoms with Gasteiger partial charge in [0.25, 0.3) is 0 Å². The van der Waals surface area contributed by atoms with E-state index in [0.717, 1.165) is 0 Å². The molecule has 0 aliphatic carbocycles. The molecule has 10 aliphatic rings. The standard InChI is InChI=1S/2C18H32O16.2C12H22O11/c2*19-1-5-8(22)11(25)13(27)16(31-5)30-3-7-9(23)12(26)14(28)17(32-7)34-18(4-21)15(29)10(24)6(2-20)33-18;2*13-1-4-6(16)8(18)9(19)11(21-4)23-12(3-15)10(20)7(17)5(2-14)22-12/h2*5-17,19-29H,1-4H2;2*4-11,13-20H,1-3H2/t2*5-,6-,7-,8+,9-,10-,11+,12+,13-,14-,15+,16+,17-,18+;2*4-,5-,6-,7-,8+,9-,10+,11-,12+/m1111/s1. The fourth-order valence-electron chi connectivity index (χ4n) is 13.3. The van der Waals surface area contributed by atoms with Crippen LogP contribution in [0, 0.1) is 0 Å². The summed E-state index contributed by atoms with van der Waals surface area (Å²) in [4.78, 5) is 0. The second-order valence-corrected chi connectivity index (χ2v) is 27.9. The molecule has 672 valence electrons. The molecule has 0 amide bonds. The third-order valence-corrected chi connectivity index (χ3v) is 20.5. The number of ether oxygens (including phenoxy) is 16. The third kappa shape index (κ3) is 20.5. The number of aliphatic hydroxyl groups excluding tert-OH is 38. The molecule has 10 saturated heterocycles. The summed E-state index contributed by atoms with van der Waals surface area (Å²) in [7, 11) is 0. The highest BCUT2D eigenvalue weighted by Gasteiger charge is 2.64. The second-order valence-electron chi connectivity index (χ2n) is 27.9. The van der Waals surface area contributed by atoms with Gasteiger partial charge in [0.2, 0.25) is 23.1 Å². The Bertz CT molecular complexity index is 2620. The summed E-state index contributed by atoms with van der Waals surface area (Å²) in [6, 6.07) is 0. The Morgan fingerprint density at radius 1 is 0.175 bits per heavy atom. The predicted octanol–water partition coefficient (Wildman–Crippen LogP) is -25.9. The molecule has 38 N–H and O–H groups in total. The zero-order valence-electron chi connectivity index (χ0n) is 59.7. The van der Waals surface area contributed by atoms with Crippen molar-refractivity contribution in [1.82, 2.24) is 0 Å². The molecule has 54 heteroatoms. The van der Waals surface area contributed by atoms with E-state index in [0.29, 0.717) is 0 Å². The van der Waals surface area contributed by atoms with Crippen LogP contribution in [0.4, 0.5) is 0 Å². The molecule has 0 bridgehead atoms. The number of hydrogen-bond donors (Lipinski definition) is 38. The van der Waals surface area contributed by atoms with Crippen LogP contribution < -0.4 is 0 Å². The summed E-state index contributed by atoms with van der Waals surface area (Å²) in [5.41, 5.74) is 0. The maximum absolute atomic E-state index is 10.3. The van der Waals surface area contributed by atoms with E-state index >= 15 is 0 Å². The van der Waals surface area contributed by atoms with Crippen molar-refractivity contribution in [2.75, 3.05) is 92.5 Å². The van der Waals surface area contributed by atoms with Crippen molar-refractivity contribution in [3.05, 3.63) is 0 Å². The molecule has 10 aliphatic heterocycles. The van der Waals surface area contributed by atoms with Crippen molar-refractivity contribution in [1.29, 1.82) is 0 Å². The van der Waals surface area contributed by atoms with E-state index in [2.05, 4.69) is 0 Å². The normalized spacial score (nSPS) is 51.7. The second kappa shape index (κ2) is 42.3. The third-order valence-electron chi connectivity index (χ3n) is 20.5. The average molecular weight is 1690 g/mol. The lowest BCUT2D eigenvalue weighted by Crippen LogP contribution is -2.63. The molecular weight excluding hydrogens is 1580 g/mol. The number of rotatable bonds is 26. The van der Waals surface area contributed by atoms with Crippen LogP contribution in [-0.2, 0) is 75.8 Å². The number of hydrogen-bond acceptors (Lipinski definition) is 54. The molecule has 0 aromatic heterocycles. The highest BCUT2D eigenvalue weighted by Crippen LogP contribution is 2.42. The first-order chi connectivity index (χ1) is 53.6. The largest absolute Gasteiger partial charge is 0.394 e. The van der Waals surface area contributed by atoms with Crippen LogP contribution in [-0.4, -0.2) is 567 Å². The summed E-state index contributed by atoms with van der Waals surface area (Å²) in [5.74, 6) is -9.16. The molecule has 0 unspecified atom stereocenters. The van der Waals surface area contributed by atoms with Gasteiger partial charge in [-0.2, -0.15) is 0 Å². The molecule has 0 aromatic rings. The average Bonchev–Trinajstić information content (AvgIpc) is 1.61. The van der Waals surface area contributed by atoms with Gasteiger partial charge >= 0.3 is 0 Å². The van der Waals surface area contributed by atoms with Crippen LogP contribution in [0.15, 0.2) is 0 Å². The van der Waals surface area contributed by atoms with Crippen molar-refractivity contribution in [3.63, 3.8) is 0 Å². The van der Waals surface area contributed by atoms with Crippen LogP contribution in [0.2, 0.25) is 0 Å². The Labute approximate surface area is 641 Å². The van der Waals surface area contributed by atoms with Gasteiger partial charge in [-0.15, -0.1) is 0 Å². The number of aliphatic hydroxyl groups is 38. The van der Waals surface area contributed by atoms with Crippen LogP contribution in [0.3, 0.4) is 0 Å². The fraction of sp³-hybridized carbons (Fsp3) is 1.00. The Morgan fingerprint density at radius 2 is 0.333 bits per heavy atom. The molecule has 10 fully saturated rings. The summed E-state index contributed by atoms with van der Waals surface area (Å²) in [6.07, 6.45) is -68.8. The van der Waals surface area contributed by atoms with Crippen LogP contribution in [0.25, 0.3) is 0 Å². The smallest absolute Gasteiger partial charge is 0.224 e. The van der Waals surface area contributed by atoms with Gasteiger partial charge in [-0.05, 0) is 0 Å². The van der Waals surface area contributed by atoms with E-state index in [1.54, 1.807) is 0 Å². The van der Waals surface area contributed by atoms with E-state index < -0.39 is 373 Å². The predicted molar refractivity (Wildman–Crippen MR) is 340 cm³/mol. The molecule has 114 heavy (non-hydrogen) atoms. The zero-order valence-corrected chi connectivity index (χ0v) is 59.7. The molecule has 10 rings (SSSR count). The summed E-state index contributed by atoms with van der Waals surface area (Å²) < 4.78 is 83.8. The van der Waals surface area contributed by atoms with E-state index in [1.807, 2.05) is 0 Å². The Hall–Kier alpha value is -2.16. The lowest BCUT2D eigenvalue weighted by molar-refractivity contribution is -0.388. The molecule has 10 heterocycles. The first kappa shape index (κ1) is 98.9. The topological polar surface area (TPSA) is 916 Å². The Morgan fingerprint density at radius 3 is 0.500 bits per heavy atom. The van der Waals surface area contributed by atoms with Crippen LogP contribution >= 0.6 is 0 Å². The molecule has 54 nitrogen and oxygen atoms in total. The van der Waals surface area contributed by atoms with E-state index in [4.69, 9.17) is 96.2 Å². The molecule has 0 aromatic carbocycles. The summed E-state index contributed by atoms with van der Waals surface area (Å²) in [6.45, 7) is -10.9. The Balaban J connectivity index is 0.000000214. The maximum Gasteiger partial charge on any atom is 0.224 e. The molecule has 46 atom stereocenters. The van der Waals surface area contributed by atoms with Gasteiger partial charge in [-0.25, -0.2) is 0 Å². The van der Waals surface area contributed by atoms with Gasteiger partial charge in [-0.3, -0.25) is 0 Å². The highest BCUT2D eigenvalue weighted by molar-refractivity contribution is 5.04. The summed E-state index contributed by atoms with van der Waals surface area (Å²) >= 11 is 0. The van der Waals surface area contributed by atoms with Crippen molar-refractivity contribution < 1.29 is 270 Å². The van der Waals surface area contributed by atoms with Gasteiger partial charge in [0.15, 0.2) is 37.7 Å². The minimum Gasteiger partial charge on any atom is -0.394 e. The van der Waals surface area contributed by atoms with Gasteiger partial charge in [0.05, 0.1) is 66.1 Å².